The third-order valence-corrected chi connectivity index (χ3v) is 3.00. The first-order valence-electron chi connectivity index (χ1n) is 5.72. The molecule has 0 aromatic heterocycles. The van der Waals surface area contributed by atoms with Gasteiger partial charge in [0.1, 0.15) is 6.61 Å². The Morgan fingerprint density at radius 2 is 2.29 bits per heavy atom. The molecule has 1 aliphatic rings. The van der Waals surface area contributed by atoms with Crippen LogP contribution in [0.1, 0.15) is 6.92 Å². The number of hydrogen-bond donors (Lipinski definition) is 0. The standard InChI is InChI=1S/C11H20ClNO4/c1-9-7-17-10(5-12)6-13(9)11(14)8-16-4-3-15-2/h9-10H,3-8H2,1-2H3. The van der Waals surface area contributed by atoms with E-state index in [1.165, 1.54) is 0 Å². The maximum atomic E-state index is 11.9. The van der Waals surface area contributed by atoms with E-state index in [1.54, 1.807) is 12.0 Å². The fourth-order valence-corrected chi connectivity index (χ4v) is 1.83. The SMILES string of the molecule is COCCOCC(=O)N1CC(CCl)OCC1C. The molecule has 0 saturated carbocycles. The predicted octanol–water partition coefficient (Wildman–Crippen LogP) is 0.504. The minimum atomic E-state index is -0.0733. The molecule has 6 heteroatoms. The molecule has 1 heterocycles. The number of methoxy groups -OCH3 is 1. The second kappa shape index (κ2) is 7.87. The lowest BCUT2D eigenvalue weighted by Gasteiger charge is -2.37. The molecule has 2 atom stereocenters. The number of nitrogens with zero attached hydrogens (tertiary/aromatic N) is 1. The summed E-state index contributed by atoms with van der Waals surface area (Å²) in [5, 5.41) is 0. The van der Waals surface area contributed by atoms with E-state index in [2.05, 4.69) is 0 Å². The van der Waals surface area contributed by atoms with Gasteiger partial charge in [0.15, 0.2) is 0 Å². The van der Waals surface area contributed by atoms with Gasteiger partial charge < -0.3 is 19.1 Å². The van der Waals surface area contributed by atoms with E-state index < -0.39 is 0 Å². The first kappa shape index (κ1) is 14.7. The highest BCUT2D eigenvalue weighted by Gasteiger charge is 2.28. The second-order valence-corrected chi connectivity index (χ2v) is 4.36. The van der Waals surface area contributed by atoms with Gasteiger partial charge in [-0.2, -0.15) is 0 Å². The van der Waals surface area contributed by atoms with Crippen molar-refractivity contribution in [2.75, 3.05) is 46.0 Å². The number of carbonyl (C=O) groups excluding carboxylic acids is 1. The molecule has 0 aliphatic carbocycles. The Kier molecular flexibility index (Phi) is 6.80. The molecule has 1 amide bonds. The largest absolute Gasteiger partial charge is 0.382 e. The number of alkyl halides is 1. The highest BCUT2D eigenvalue weighted by molar-refractivity contribution is 6.18. The van der Waals surface area contributed by atoms with E-state index in [0.717, 1.165) is 0 Å². The fraction of sp³-hybridized carbons (Fsp3) is 0.909. The van der Waals surface area contributed by atoms with Crippen LogP contribution < -0.4 is 0 Å². The van der Waals surface area contributed by atoms with Crippen molar-refractivity contribution in [3.63, 3.8) is 0 Å². The van der Waals surface area contributed by atoms with Gasteiger partial charge in [0, 0.05) is 13.7 Å². The van der Waals surface area contributed by atoms with Gasteiger partial charge in [0.05, 0.1) is 37.8 Å². The number of morpholine rings is 1. The van der Waals surface area contributed by atoms with Crippen LogP contribution in [0.2, 0.25) is 0 Å². The van der Waals surface area contributed by atoms with Gasteiger partial charge in [-0.25, -0.2) is 0 Å². The summed E-state index contributed by atoms with van der Waals surface area (Å²) in [6.07, 6.45) is -0.0733. The first-order chi connectivity index (χ1) is 8.19. The highest BCUT2D eigenvalue weighted by atomic mass is 35.5. The number of hydrogen-bond acceptors (Lipinski definition) is 4. The minimum Gasteiger partial charge on any atom is -0.382 e. The second-order valence-electron chi connectivity index (χ2n) is 4.05. The molecule has 0 aromatic carbocycles. The molecule has 0 radical (unpaired) electrons. The summed E-state index contributed by atoms with van der Waals surface area (Å²) >= 11 is 5.73. The van der Waals surface area contributed by atoms with Crippen LogP contribution in [0.25, 0.3) is 0 Å². The van der Waals surface area contributed by atoms with Gasteiger partial charge >= 0.3 is 0 Å². The third-order valence-electron chi connectivity index (χ3n) is 2.66. The van der Waals surface area contributed by atoms with Crippen LogP contribution in [-0.2, 0) is 19.0 Å². The molecule has 1 saturated heterocycles. The number of halogens is 1. The van der Waals surface area contributed by atoms with Crippen LogP contribution in [0.3, 0.4) is 0 Å². The van der Waals surface area contributed by atoms with Gasteiger partial charge in [0.2, 0.25) is 5.91 Å². The maximum Gasteiger partial charge on any atom is 0.248 e. The summed E-state index contributed by atoms with van der Waals surface area (Å²) in [5.74, 6) is 0.383. The average molecular weight is 266 g/mol. The summed E-state index contributed by atoms with van der Waals surface area (Å²) < 4.78 is 15.5. The van der Waals surface area contributed by atoms with E-state index in [1.807, 2.05) is 6.92 Å². The lowest BCUT2D eigenvalue weighted by atomic mass is 10.2. The van der Waals surface area contributed by atoms with Crippen LogP contribution in [0.4, 0.5) is 0 Å². The number of rotatable bonds is 6. The molecule has 0 N–H and O–H groups in total. The van der Waals surface area contributed by atoms with Crippen molar-refractivity contribution in [1.82, 2.24) is 4.90 Å². The Bertz CT molecular complexity index is 240. The van der Waals surface area contributed by atoms with Crippen molar-refractivity contribution in [2.45, 2.75) is 19.1 Å². The molecule has 17 heavy (non-hydrogen) atoms. The molecule has 1 aliphatic heterocycles. The van der Waals surface area contributed by atoms with Crippen LogP contribution in [-0.4, -0.2) is 68.9 Å². The fourth-order valence-electron chi connectivity index (χ4n) is 1.64. The monoisotopic (exact) mass is 265 g/mol. The van der Waals surface area contributed by atoms with Crippen LogP contribution >= 0.6 is 11.6 Å². The minimum absolute atomic E-state index is 0.0213. The van der Waals surface area contributed by atoms with Crippen molar-refractivity contribution in [3.8, 4) is 0 Å². The molecule has 5 nitrogen and oxygen atoms in total. The molecular formula is C11H20ClNO4. The summed E-state index contributed by atoms with van der Waals surface area (Å²) in [6.45, 7) is 4.04. The topological polar surface area (TPSA) is 48.0 Å². The van der Waals surface area contributed by atoms with E-state index in [9.17, 15) is 4.79 Å². The molecule has 0 aromatic rings. The molecule has 100 valence electrons. The smallest absolute Gasteiger partial charge is 0.248 e. The quantitative estimate of drug-likeness (QED) is 0.519. The van der Waals surface area contributed by atoms with E-state index in [-0.39, 0.29) is 24.7 Å². The molecule has 1 rings (SSSR count). The Morgan fingerprint density at radius 1 is 1.53 bits per heavy atom. The van der Waals surface area contributed by atoms with E-state index >= 15 is 0 Å². The van der Waals surface area contributed by atoms with E-state index in [4.69, 9.17) is 25.8 Å². The van der Waals surface area contributed by atoms with Crippen LogP contribution in [0.5, 0.6) is 0 Å². The summed E-state index contributed by atoms with van der Waals surface area (Å²) in [5.41, 5.74) is 0. The summed E-state index contributed by atoms with van der Waals surface area (Å²) in [4.78, 5) is 13.7. The summed E-state index contributed by atoms with van der Waals surface area (Å²) in [6, 6.07) is 0.0768. The van der Waals surface area contributed by atoms with E-state index in [0.29, 0.717) is 32.2 Å². The molecule has 1 fully saturated rings. The number of amides is 1. The van der Waals surface area contributed by atoms with Crippen molar-refractivity contribution >= 4 is 17.5 Å². The lowest BCUT2D eigenvalue weighted by molar-refractivity contribution is -0.148. The van der Waals surface area contributed by atoms with Gasteiger partial charge in [-0.05, 0) is 6.92 Å². The lowest BCUT2D eigenvalue weighted by Crippen LogP contribution is -2.52. The van der Waals surface area contributed by atoms with Gasteiger partial charge in [-0.1, -0.05) is 0 Å². The van der Waals surface area contributed by atoms with Crippen molar-refractivity contribution < 1.29 is 19.0 Å². The number of ether oxygens (including phenoxy) is 3. The average Bonchev–Trinajstić information content (AvgIpc) is 2.35. The third kappa shape index (κ3) is 4.79. The van der Waals surface area contributed by atoms with Crippen molar-refractivity contribution in [2.24, 2.45) is 0 Å². The predicted molar refractivity (Wildman–Crippen MR) is 64.3 cm³/mol. The Balaban J connectivity index is 2.32. The molecular weight excluding hydrogens is 246 g/mol. The van der Waals surface area contributed by atoms with Gasteiger partial charge in [-0.3, -0.25) is 4.79 Å². The molecule has 2 unspecified atom stereocenters. The van der Waals surface area contributed by atoms with Crippen LogP contribution in [0, 0.1) is 0 Å². The zero-order valence-corrected chi connectivity index (χ0v) is 11.1. The Labute approximate surface area is 107 Å². The maximum absolute atomic E-state index is 11.9. The van der Waals surface area contributed by atoms with Crippen LogP contribution in [0.15, 0.2) is 0 Å². The summed E-state index contributed by atoms with van der Waals surface area (Å²) in [7, 11) is 1.60. The zero-order chi connectivity index (χ0) is 12.7. The Morgan fingerprint density at radius 3 is 2.94 bits per heavy atom. The first-order valence-corrected chi connectivity index (χ1v) is 6.26. The molecule has 0 bridgehead atoms. The normalized spacial score (nSPS) is 25.0. The highest BCUT2D eigenvalue weighted by Crippen LogP contribution is 2.13. The van der Waals surface area contributed by atoms with Gasteiger partial charge in [0.25, 0.3) is 0 Å². The van der Waals surface area contributed by atoms with Crippen molar-refractivity contribution in [1.29, 1.82) is 0 Å². The Hall–Kier alpha value is -0.360. The molecule has 0 spiro atoms. The van der Waals surface area contributed by atoms with Gasteiger partial charge in [-0.15, -0.1) is 11.6 Å². The number of carbonyl (C=O) groups is 1. The zero-order valence-electron chi connectivity index (χ0n) is 10.4. The van der Waals surface area contributed by atoms with Crippen molar-refractivity contribution in [3.05, 3.63) is 0 Å².